The second-order valence-corrected chi connectivity index (χ2v) is 5.01. The van der Waals surface area contributed by atoms with E-state index in [0.717, 1.165) is 23.7 Å². The highest BCUT2D eigenvalue weighted by atomic mass is 14.3. The molecule has 0 saturated heterocycles. The van der Waals surface area contributed by atoms with E-state index >= 15 is 0 Å². The minimum atomic E-state index is 0.851. The quantitative estimate of drug-likeness (QED) is 0.559. The predicted molar refractivity (Wildman–Crippen MR) is 61.9 cm³/mol. The molecular formula is C13H28. The molecule has 0 fully saturated rings. The van der Waals surface area contributed by atoms with Gasteiger partial charge in [-0.05, 0) is 23.7 Å². The summed E-state index contributed by atoms with van der Waals surface area (Å²) in [6.07, 6.45) is 4.10. The van der Waals surface area contributed by atoms with E-state index in [1.807, 2.05) is 0 Å². The van der Waals surface area contributed by atoms with Crippen LogP contribution in [-0.2, 0) is 0 Å². The molecule has 0 N–H and O–H groups in total. The van der Waals surface area contributed by atoms with Gasteiger partial charge in [0.15, 0.2) is 0 Å². The second-order valence-electron chi connectivity index (χ2n) is 5.01. The molecule has 0 amide bonds. The SMILES string of the molecule is CCCC(C(C)C)C(CC)C(C)C. The van der Waals surface area contributed by atoms with Crippen molar-refractivity contribution >= 4 is 0 Å². The molecule has 2 unspecified atom stereocenters. The minimum Gasteiger partial charge on any atom is -0.0654 e. The Kier molecular flexibility index (Phi) is 6.45. The Morgan fingerprint density at radius 2 is 1.23 bits per heavy atom. The highest BCUT2D eigenvalue weighted by Gasteiger charge is 2.24. The molecule has 0 nitrogen and oxygen atoms in total. The molecule has 0 aliphatic carbocycles. The van der Waals surface area contributed by atoms with E-state index in [4.69, 9.17) is 0 Å². The van der Waals surface area contributed by atoms with Crippen molar-refractivity contribution < 1.29 is 0 Å². The van der Waals surface area contributed by atoms with Gasteiger partial charge in [0.25, 0.3) is 0 Å². The summed E-state index contributed by atoms with van der Waals surface area (Å²) in [4.78, 5) is 0. The van der Waals surface area contributed by atoms with Crippen molar-refractivity contribution in [1.29, 1.82) is 0 Å². The summed E-state index contributed by atoms with van der Waals surface area (Å²) < 4.78 is 0. The van der Waals surface area contributed by atoms with Gasteiger partial charge in [0.05, 0.1) is 0 Å². The zero-order valence-corrected chi connectivity index (χ0v) is 10.4. The lowest BCUT2D eigenvalue weighted by molar-refractivity contribution is 0.177. The predicted octanol–water partition coefficient (Wildman–Crippen LogP) is 4.74. The lowest BCUT2D eigenvalue weighted by atomic mass is 9.74. The summed E-state index contributed by atoms with van der Waals surface area (Å²) in [5.74, 6) is 3.58. The summed E-state index contributed by atoms with van der Waals surface area (Å²) >= 11 is 0. The molecule has 0 aliphatic rings. The van der Waals surface area contributed by atoms with Crippen molar-refractivity contribution in [3.05, 3.63) is 0 Å². The molecule has 0 bridgehead atoms. The van der Waals surface area contributed by atoms with Crippen LogP contribution in [0.4, 0.5) is 0 Å². The minimum absolute atomic E-state index is 0.851. The van der Waals surface area contributed by atoms with Gasteiger partial charge in [-0.15, -0.1) is 0 Å². The number of hydrogen-bond donors (Lipinski definition) is 0. The van der Waals surface area contributed by atoms with E-state index in [0.29, 0.717) is 0 Å². The van der Waals surface area contributed by atoms with Crippen LogP contribution in [0.15, 0.2) is 0 Å². The monoisotopic (exact) mass is 184 g/mol. The fourth-order valence-corrected chi connectivity index (χ4v) is 2.64. The Morgan fingerprint density at radius 3 is 1.46 bits per heavy atom. The molecule has 2 atom stereocenters. The normalized spacial score (nSPS) is 16.6. The van der Waals surface area contributed by atoms with E-state index in [-0.39, 0.29) is 0 Å². The summed E-state index contributed by atoms with van der Waals surface area (Å²) in [5, 5.41) is 0. The fraction of sp³-hybridized carbons (Fsp3) is 1.00. The van der Waals surface area contributed by atoms with Crippen molar-refractivity contribution in [3.8, 4) is 0 Å². The van der Waals surface area contributed by atoms with Gasteiger partial charge in [-0.25, -0.2) is 0 Å². The molecule has 0 aromatic carbocycles. The lowest BCUT2D eigenvalue weighted by Crippen LogP contribution is -2.24. The third kappa shape index (κ3) is 4.15. The van der Waals surface area contributed by atoms with Crippen LogP contribution in [0.2, 0.25) is 0 Å². The van der Waals surface area contributed by atoms with Crippen LogP contribution in [0.3, 0.4) is 0 Å². The van der Waals surface area contributed by atoms with Gasteiger partial charge < -0.3 is 0 Å². The molecule has 13 heavy (non-hydrogen) atoms. The lowest BCUT2D eigenvalue weighted by Gasteiger charge is -2.32. The van der Waals surface area contributed by atoms with Crippen LogP contribution in [0.1, 0.15) is 60.8 Å². The molecule has 0 radical (unpaired) electrons. The standard InChI is InChI=1S/C13H28/c1-7-9-13(11(5)6)12(8-2)10(3)4/h10-13H,7-9H2,1-6H3. The van der Waals surface area contributed by atoms with Gasteiger partial charge in [0.1, 0.15) is 0 Å². The third-order valence-electron chi connectivity index (χ3n) is 3.36. The van der Waals surface area contributed by atoms with Crippen LogP contribution < -0.4 is 0 Å². The van der Waals surface area contributed by atoms with Gasteiger partial charge in [0.2, 0.25) is 0 Å². The summed E-state index contributed by atoms with van der Waals surface area (Å²) in [6.45, 7) is 14.2. The average molecular weight is 184 g/mol. The molecule has 0 rings (SSSR count). The highest BCUT2D eigenvalue weighted by molar-refractivity contribution is 4.74. The summed E-state index contributed by atoms with van der Waals surface area (Å²) in [5.41, 5.74) is 0. The average Bonchev–Trinajstić information content (AvgIpc) is 2.03. The van der Waals surface area contributed by atoms with E-state index in [9.17, 15) is 0 Å². The first kappa shape index (κ1) is 13.0. The molecule has 80 valence electrons. The molecule has 0 aromatic heterocycles. The maximum atomic E-state index is 2.38. The summed E-state index contributed by atoms with van der Waals surface area (Å²) in [7, 11) is 0. The van der Waals surface area contributed by atoms with Crippen molar-refractivity contribution in [2.45, 2.75) is 60.8 Å². The van der Waals surface area contributed by atoms with Gasteiger partial charge in [-0.1, -0.05) is 60.8 Å². The van der Waals surface area contributed by atoms with Crippen molar-refractivity contribution in [3.63, 3.8) is 0 Å². The van der Waals surface area contributed by atoms with Crippen LogP contribution >= 0.6 is 0 Å². The van der Waals surface area contributed by atoms with Crippen molar-refractivity contribution in [2.75, 3.05) is 0 Å². The third-order valence-corrected chi connectivity index (χ3v) is 3.36. The van der Waals surface area contributed by atoms with E-state index < -0.39 is 0 Å². The summed E-state index contributed by atoms with van der Waals surface area (Å²) in [6, 6.07) is 0. The Bertz CT molecular complexity index is 113. The van der Waals surface area contributed by atoms with E-state index in [2.05, 4.69) is 41.5 Å². The molecule has 0 heteroatoms. The maximum absolute atomic E-state index is 2.38. The Balaban J connectivity index is 4.29. The van der Waals surface area contributed by atoms with Gasteiger partial charge in [-0.2, -0.15) is 0 Å². The molecule has 0 spiro atoms. The molecule has 0 saturated carbocycles. The van der Waals surface area contributed by atoms with Crippen LogP contribution in [0, 0.1) is 23.7 Å². The van der Waals surface area contributed by atoms with Gasteiger partial charge in [0, 0.05) is 0 Å². The second kappa shape index (κ2) is 6.45. The van der Waals surface area contributed by atoms with Crippen molar-refractivity contribution in [2.24, 2.45) is 23.7 Å². The smallest absolute Gasteiger partial charge is 0.0360 e. The van der Waals surface area contributed by atoms with Gasteiger partial charge >= 0.3 is 0 Å². The van der Waals surface area contributed by atoms with Gasteiger partial charge in [-0.3, -0.25) is 0 Å². The molecule has 0 heterocycles. The van der Waals surface area contributed by atoms with Crippen LogP contribution in [-0.4, -0.2) is 0 Å². The van der Waals surface area contributed by atoms with E-state index in [1.54, 1.807) is 0 Å². The van der Waals surface area contributed by atoms with Crippen LogP contribution in [0.5, 0.6) is 0 Å². The number of hydrogen-bond acceptors (Lipinski definition) is 0. The first-order valence-corrected chi connectivity index (χ1v) is 6.04. The van der Waals surface area contributed by atoms with Crippen molar-refractivity contribution in [1.82, 2.24) is 0 Å². The molecule has 0 aromatic rings. The zero-order valence-electron chi connectivity index (χ0n) is 10.4. The maximum Gasteiger partial charge on any atom is -0.0360 e. The van der Waals surface area contributed by atoms with E-state index in [1.165, 1.54) is 19.3 Å². The Morgan fingerprint density at radius 1 is 0.769 bits per heavy atom. The topological polar surface area (TPSA) is 0 Å². The largest absolute Gasteiger partial charge is 0.0654 e. The van der Waals surface area contributed by atoms with Crippen LogP contribution in [0.25, 0.3) is 0 Å². The first-order valence-electron chi connectivity index (χ1n) is 6.04. The molecular weight excluding hydrogens is 156 g/mol. The fourth-order valence-electron chi connectivity index (χ4n) is 2.64. The zero-order chi connectivity index (χ0) is 10.4. The molecule has 0 aliphatic heterocycles. The highest BCUT2D eigenvalue weighted by Crippen LogP contribution is 2.33. The Hall–Kier alpha value is 0. The number of rotatable bonds is 6. The Labute approximate surface area is 85.1 Å². The first-order chi connectivity index (χ1) is 6.04.